The van der Waals surface area contributed by atoms with Crippen molar-refractivity contribution >= 4 is 5.97 Å². The van der Waals surface area contributed by atoms with Crippen LogP contribution in [0, 0.1) is 5.82 Å². The molecular weight excluding hydrogens is 427 g/mol. The molecule has 1 rings (SSSR count). The number of carboxylic acid groups (broad SMARTS) is 1. The largest absolute Gasteiger partial charge is 0.487 e. The molecule has 0 radical (unpaired) electrons. The number of allylic oxidation sites excluding steroid dienone is 6. The van der Waals surface area contributed by atoms with Gasteiger partial charge in [-0.25, -0.2) is 4.39 Å². The lowest BCUT2D eigenvalue weighted by Gasteiger charge is -2.22. The van der Waals surface area contributed by atoms with E-state index in [1.165, 1.54) is 30.3 Å². The van der Waals surface area contributed by atoms with Crippen LogP contribution in [-0.2, 0) is 4.79 Å². The molecule has 0 aromatic heterocycles. The molecule has 0 spiro atoms. The summed E-state index contributed by atoms with van der Waals surface area (Å²) in [5.41, 5.74) is 0. The maximum absolute atomic E-state index is 13.1. The van der Waals surface area contributed by atoms with Crippen molar-refractivity contribution in [3.63, 3.8) is 0 Å². The number of aliphatic hydroxyl groups is 3. The highest BCUT2D eigenvalue weighted by Gasteiger charge is 2.18. The summed E-state index contributed by atoms with van der Waals surface area (Å²) in [6, 6.07) is 5.71. The van der Waals surface area contributed by atoms with Gasteiger partial charge in [-0.05, 0) is 49.9 Å². The van der Waals surface area contributed by atoms with Gasteiger partial charge in [-0.15, -0.1) is 0 Å². The summed E-state index contributed by atoms with van der Waals surface area (Å²) in [7, 11) is 0. The number of benzene rings is 1. The monoisotopic (exact) mass is 462 g/mol. The lowest BCUT2D eigenvalue weighted by molar-refractivity contribution is -0.137. The molecule has 0 fully saturated rings. The van der Waals surface area contributed by atoms with Crippen LogP contribution in [0.25, 0.3) is 0 Å². The van der Waals surface area contributed by atoms with Gasteiger partial charge in [0, 0.05) is 6.42 Å². The maximum Gasteiger partial charge on any atom is 0.303 e. The maximum atomic E-state index is 13.1. The minimum atomic E-state index is -1.07. The molecule has 0 saturated heterocycles. The highest BCUT2D eigenvalue weighted by atomic mass is 19.1. The number of unbranched alkanes of at least 4 members (excludes halogenated alkanes) is 1. The Balaban J connectivity index is 2.47. The summed E-state index contributed by atoms with van der Waals surface area (Å²) in [6.45, 7) is 2.06. The average Bonchev–Trinajstić information content (AvgIpc) is 2.78. The molecular formula is C26H35FO6. The van der Waals surface area contributed by atoms with Gasteiger partial charge >= 0.3 is 5.97 Å². The quantitative estimate of drug-likeness (QED) is 0.273. The Bertz CT molecular complexity index is 784. The van der Waals surface area contributed by atoms with Crippen LogP contribution in [0.2, 0.25) is 0 Å². The minimum Gasteiger partial charge on any atom is -0.487 e. The first-order valence-corrected chi connectivity index (χ1v) is 11.2. The van der Waals surface area contributed by atoms with Crippen LogP contribution in [0.15, 0.2) is 72.9 Å². The zero-order valence-corrected chi connectivity index (χ0v) is 19.0. The van der Waals surface area contributed by atoms with Crippen molar-refractivity contribution in [3.8, 4) is 5.75 Å². The molecule has 0 aliphatic carbocycles. The molecule has 0 heterocycles. The molecule has 6 nitrogen and oxygen atoms in total. The molecule has 0 aliphatic heterocycles. The van der Waals surface area contributed by atoms with E-state index in [-0.39, 0.29) is 18.7 Å². The Kier molecular flexibility index (Phi) is 14.4. The number of carbonyl (C=O) groups is 1. The van der Waals surface area contributed by atoms with Gasteiger partial charge in [-0.3, -0.25) is 4.79 Å². The van der Waals surface area contributed by atoms with Crippen molar-refractivity contribution in [2.45, 2.75) is 69.9 Å². The molecule has 1 unspecified atom stereocenters. The van der Waals surface area contributed by atoms with E-state index >= 15 is 0 Å². The predicted molar refractivity (Wildman–Crippen MR) is 126 cm³/mol. The van der Waals surface area contributed by atoms with Gasteiger partial charge in [0.15, 0.2) is 0 Å². The van der Waals surface area contributed by atoms with E-state index in [1.54, 1.807) is 42.5 Å². The first kappa shape index (κ1) is 28.3. The van der Waals surface area contributed by atoms with Gasteiger partial charge in [0.2, 0.25) is 0 Å². The van der Waals surface area contributed by atoms with Gasteiger partial charge in [0.1, 0.15) is 23.8 Å². The van der Waals surface area contributed by atoms with Crippen LogP contribution in [0.5, 0.6) is 5.75 Å². The first-order valence-electron chi connectivity index (χ1n) is 11.2. The topological polar surface area (TPSA) is 107 Å². The second-order valence-corrected chi connectivity index (χ2v) is 7.63. The summed E-state index contributed by atoms with van der Waals surface area (Å²) in [5, 5.41) is 38.6. The van der Waals surface area contributed by atoms with Gasteiger partial charge in [-0.2, -0.15) is 0 Å². The van der Waals surface area contributed by atoms with Crippen LogP contribution in [0.3, 0.4) is 0 Å². The second kappa shape index (κ2) is 16.8. The number of hydrogen-bond acceptors (Lipinski definition) is 5. The zero-order valence-electron chi connectivity index (χ0n) is 19.0. The van der Waals surface area contributed by atoms with E-state index in [2.05, 4.69) is 6.92 Å². The molecule has 0 bridgehead atoms. The van der Waals surface area contributed by atoms with Crippen LogP contribution in [-0.4, -0.2) is 50.8 Å². The van der Waals surface area contributed by atoms with E-state index in [0.717, 1.165) is 12.8 Å². The Morgan fingerprint density at radius 2 is 1.48 bits per heavy atom. The molecule has 1 aromatic carbocycles. The van der Waals surface area contributed by atoms with Crippen LogP contribution >= 0.6 is 0 Å². The average molecular weight is 463 g/mol. The smallest absolute Gasteiger partial charge is 0.303 e. The van der Waals surface area contributed by atoms with Crippen molar-refractivity contribution in [2.75, 3.05) is 0 Å². The standard InChI is InChI=1S/C26H35FO6/c1-2-3-14-25(33-21-18-16-20(27)17-19-21)24(30)12-9-7-5-4-6-8-11-22(28)23(29)13-10-15-26(31)32/h4-9,11-12,16-19,22-25,28-30H,2-3,10,13-15H2,1H3,(H,31,32)/b6-4+,7-5-,11-8+,12-9+/t22-,23+,24+,25?/m1/s1. The zero-order chi connectivity index (χ0) is 24.5. The lowest BCUT2D eigenvalue weighted by atomic mass is 10.1. The third-order valence-electron chi connectivity index (χ3n) is 4.78. The van der Waals surface area contributed by atoms with Crippen molar-refractivity contribution < 1.29 is 34.3 Å². The molecule has 4 N–H and O–H groups in total. The summed E-state index contributed by atoms with van der Waals surface area (Å²) >= 11 is 0. The van der Waals surface area contributed by atoms with Gasteiger partial charge in [0.25, 0.3) is 0 Å². The Hall–Kier alpha value is -2.74. The third kappa shape index (κ3) is 13.4. The predicted octanol–water partition coefficient (Wildman–Crippen LogP) is 4.33. The number of hydrogen-bond donors (Lipinski definition) is 4. The number of aliphatic carboxylic acids is 1. The van der Waals surface area contributed by atoms with Gasteiger partial charge in [0.05, 0.1) is 12.2 Å². The van der Waals surface area contributed by atoms with E-state index in [9.17, 15) is 24.5 Å². The SMILES string of the molecule is CCCCC(Oc1ccc(F)cc1)[C@@H](O)/C=C/C=C\C=C\C=C\[C@@H](O)[C@@H](O)CCCC(=O)O. The lowest BCUT2D eigenvalue weighted by Crippen LogP contribution is -2.30. The van der Waals surface area contributed by atoms with Crippen molar-refractivity contribution in [1.29, 1.82) is 0 Å². The highest BCUT2D eigenvalue weighted by molar-refractivity contribution is 5.66. The first-order chi connectivity index (χ1) is 15.8. The highest BCUT2D eigenvalue weighted by Crippen LogP contribution is 2.18. The fraction of sp³-hybridized carbons (Fsp3) is 0.423. The summed E-state index contributed by atoms with van der Waals surface area (Å²) in [4.78, 5) is 10.5. The van der Waals surface area contributed by atoms with Gasteiger partial charge < -0.3 is 25.2 Å². The van der Waals surface area contributed by atoms with Crippen LogP contribution < -0.4 is 4.74 Å². The molecule has 7 heteroatoms. The summed E-state index contributed by atoms with van der Waals surface area (Å²) in [6.07, 6.45) is 12.9. The molecule has 1 aromatic rings. The Labute approximate surface area is 195 Å². The number of halogens is 1. The minimum absolute atomic E-state index is 0.0435. The fourth-order valence-corrected chi connectivity index (χ4v) is 2.89. The van der Waals surface area contributed by atoms with Crippen molar-refractivity contribution in [1.82, 2.24) is 0 Å². The van der Waals surface area contributed by atoms with Crippen LogP contribution in [0.1, 0.15) is 45.4 Å². The number of carboxylic acids is 1. The molecule has 33 heavy (non-hydrogen) atoms. The van der Waals surface area contributed by atoms with Crippen LogP contribution in [0.4, 0.5) is 4.39 Å². The van der Waals surface area contributed by atoms with E-state index in [1.807, 2.05) is 0 Å². The Morgan fingerprint density at radius 1 is 0.909 bits per heavy atom. The number of aliphatic hydroxyl groups excluding tert-OH is 3. The normalized spacial score (nSPS) is 16.0. The van der Waals surface area contributed by atoms with Crippen molar-refractivity contribution in [3.05, 3.63) is 78.7 Å². The number of ether oxygens (including phenoxy) is 1. The number of rotatable bonds is 16. The Morgan fingerprint density at radius 3 is 2.06 bits per heavy atom. The fourth-order valence-electron chi connectivity index (χ4n) is 2.89. The van der Waals surface area contributed by atoms with Crippen molar-refractivity contribution in [2.24, 2.45) is 0 Å². The molecule has 0 aliphatic rings. The molecule has 0 saturated carbocycles. The van der Waals surface area contributed by atoms with E-state index in [4.69, 9.17) is 9.84 Å². The summed E-state index contributed by atoms with van der Waals surface area (Å²) < 4.78 is 18.9. The van der Waals surface area contributed by atoms with Gasteiger partial charge in [-0.1, -0.05) is 62.0 Å². The summed E-state index contributed by atoms with van der Waals surface area (Å²) in [5.74, 6) is -0.771. The van der Waals surface area contributed by atoms with E-state index in [0.29, 0.717) is 18.6 Å². The molecule has 4 atom stereocenters. The third-order valence-corrected chi connectivity index (χ3v) is 4.78. The van der Waals surface area contributed by atoms with E-state index < -0.39 is 30.4 Å². The molecule has 0 amide bonds. The second-order valence-electron chi connectivity index (χ2n) is 7.63. The molecule has 182 valence electrons.